The van der Waals surface area contributed by atoms with E-state index in [1.165, 1.54) is 12.0 Å². The molecular formula is C15H26N4O. The normalized spacial score (nSPS) is 17.2. The SMILES string of the molecule is Cc1cnn(C[C@H](C)NCCC(=O)N2CCCCC2)c1. The zero-order valence-electron chi connectivity index (χ0n) is 12.6. The molecule has 0 radical (unpaired) electrons. The first-order valence-electron chi connectivity index (χ1n) is 7.65. The number of hydrogen-bond donors (Lipinski definition) is 1. The number of piperidine rings is 1. The number of likely N-dealkylation sites (tertiary alicyclic amines) is 1. The molecule has 1 N–H and O–H groups in total. The van der Waals surface area contributed by atoms with Crippen molar-refractivity contribution in [2.75, 3.05) is 19.6 Å². The maximum atomic E-state index is 12.0. The lowest BCUT2D eigenvalue weighted by Crippen LogP contribution is -2.38. The molecule has 0 aliphatic carbocycles. The van der Waals surface area contributed by atoms with E-state index in [0.29, 0.717) is 18.4 Å². The minimum atomic E-state index is 0.291. The Hall–Kier alpha value is -1.36. The number of aromatic nitrogens is 2. The lowest BCUT2D eigenvalue weighted by Gasteiger charge is -2.27. The average Bonchev–Trinajstić information content (AvgIpc) is 2.85. The summed E-state index contributed by atoms with van der Waals surface area (Å²) in [6, 6.07) is 0.323. The summed E-state index contributed by atoms with van der Waals surface area (Å²) in [4.78, 5) is 14.0. The third kappa shape index (κ3) is 4.63. The van der Waals surface area contributed by atoms with E-state index in [1.807, 2.05) is 28.9 Å². The number of nitrogens with zero attached hydrogens (tertiary/aromatic N) is 3. The summed E-state index contributed by atoms with van der Waals surface area (Å²) >= 11 is 0. The number of rotatable bonds is 6. The molecule has 5 heteroatoms. The van der Waals surface area contributed by atoms with Crippen LogP contribution in [0.5, 0.6) is 0 Å². The predicted molar refractivity (Wildman–Crippen MR) is 79.5 cm³/mol. The molecule has 1 fully saturated rings. The van der Waals surface area contributed by atoms with E-state index in [9.17, 15) is 4.79 Å². The first kappa shape index (κ1) is 15.0. The van der Waals surface area contributed by atoms with Crippen LogP contribution in [0.25, 0.3) is 0 Å². The second-order valence-electron chi connectivity index (χ2n) is 5.79. The van der Waals surface area contributed by atoms with Gasteiger partial charge in [0, 0.05) is 38.3 Å². The molecule has 0 saturated carbocycles. The molecule has 1 aromatic rings. The number of hydrogen-bond acceptors (Lipinski definition) is 3. The standard InChI is InChI=1S/C15H26N4O/c1-13-10-17-19(11-13)12-14(2)16-7-6-15(20)18-8-4-3-5-9-18/h10-11,14,16H,3-9,12H2,1-2H3/t14-/m0/s1. The summed E-state index contributed by atoms with van der Waals surface area (Å²) in [5.74, 6) is 0.291. The van der Waals surface area contributed by atoms with Gasteiger partial charge in [0.15, 0.2) is 0 Å². The fourth-order valence-electron chi connectivity index (χ4n) is 2.64. The minimum Gasteiger partial charge on any atom is -0.343 e. The van der Waals surface area contributed by atoms with E-state index in [0.717, 1.165) is 39.0 Å². The van der Waals surface area contributed by atoms with Gasteiger partial charge in [0.1, 0.15) is 0 Å². The summed E-state index contributed by atoms with van der Waals surface area (Å²) in [6.45, 7) is 7.64. The molecule has 20 heavy (non-hydrogen) atoms. The van der Waals surface area contributed by atoms with Crippen LogP contribution in [0.4, 0.5) is 0 Å². The van der Waals surface area contributed by atoms with Gasteiger partial charge >= 0.3 is 0 Å². The molecule has 5 nitrogen and oxygen atoms in total. The first-order chi connectivity index (χ1) is 9.65. The molecule has 1 aromatic heterocycles. The molecule has 0 spiro atoms. The Kier molecular flexibility index (Phi) is 5.59. The Morgan fingerprint density at radius 3 is 2.80 bits per heavy atom. The predicted octanol–water partition coefficient (Wildman–Crippen LogP) is 1.57. The highest BCUT2D eigenvalue weighted by atomic mass is 16.2. The van der Waals surface area contributed by atoms with E-state index in [2.05, 4.69) is 17.3 Å². The third-order valence-corrected chi connectivity index (χ3v) is 3.76. The van der Waals surface area contributed by atoms with Crippen molar-refractivity contribution >= 4 is 5.91 Å². The van der Waals surface area contributed by atoms with E-state index < -0.39 is 0 Å². The van der Waals surface area contributed by atoms with Crippen molar-refractivity contribution in [2.45, 2.75) is 52.1 Å². The molecule has 2 heterocycles. The van der Waals surface area contributed by atoms with Crippen LogP contribution in [0, 0.1) is 6.92 Å². The van der Waals surface area contributed by atoms with Gasteiger partial charge in [-0.15, -0.1) is 0 Å². The van der Waals surface area contributed by atoms with Crippen molar-refractivity contribution in [1.82, 2.24) is 20.0 Å². The number of aryl methyl sites for hydroxylation is 1. The van der Waals surface area contributed by atoms with Gasteiger partial charge in [-0.3, -0.25) is 9.48 Å². The molecule has 1 amide bonds. The van der Waals surface area contributed by atoms with Crippen LogP contribution >= 0.6 is 0 Å². The lowest BCUT2D eigenvalue weighted by atomic mass is 10.1. The van der Waals surface area contributed by atoms with Crippen LogP contribution in [-0.4, -0.2) is 46.3 Å². The highest BCUT2D eigenvalue weighted by molar-refractivity contribution is 5.76. The first-order valence-corrected chi connectivity index (χ1v) is 7.65. The number of nitrogens with one attached hydrogen (secondary N) is 1. The second kappa shape index (κ2) is 7.43. The highest BCUT2D eigenvalue weighted by Gasteiger charge is 2.16. The molecule has 0 unspecified atom stereocenters. The maximum absolute atomic E-state index is 12.0. The molecule has 0 bridgehead atoms. The van der Waals surface area contributed by atoms with Gasteiger partial charge in [-0.05, 0) is 38.7 Å². The third-order valence-electron chi connectivity index (χ3n) is 3.76. The van der Waals surface area contributed by atoms with Gasteiger partial charge in [0.05, 0.1) is 12.7 Å². The molecular weight excluding hydrogens is 252 g/mol. The van der Waals surface area contributed by atoms with E-state index in [4.69, 9.17) is 0 Å². The summed E-state index contributed by atoms with van der Waals surface area (Å²) in [5.41, 5.74) is 1.18. The van der Waals surface area contributed by atoms with Crippen molar-refractivity contribution < 1.29 is 4.79 Å². The minimum absolute atomic E-state index is 0.291. The molecule has 2 rings (SSSR count). The van der Waals surface area contributed by atoms with Crippen LogP contribution < -0.4 is 5.32 Å². The Bertz CT molecular complexity index is 423. The van der Waals surface area contributed by atoms with Crippen LogP contribution in [0.1, 0.15) is 38.2 Å². The zero-order chi connectivity index (χ0) is 14.4. The molecule has 112 valence electrons. The molecule has 1 aliphatic heterocycles. The van der Waals surface area contributed by atoms with Crippen molar-refractivity contribution in [3.05, 3.63) is 18.0 Å². The lowest BCUT2D eigenvalue weighted by molar-refractivity contribution is -0.132. The van der Waals surface area contributed by atoms with Gasteiger partial charge in [-0.25, -0.2) is 0 Å². The highest BCUT2D eigenvalue weighted by Crippen LogP contribution is 2.09. The Morgan fingerprint density at radius 1 is 1.40 bits per heavy atom. The summed E-state index contributed by atoms with van der Waals surface area (Å²) in [5, 5.41) is 7.68. The van der Waals surface area contributed by atoms with Crippen molar-refractivity contribution in [3.63, 3.8) is 0 Å². The number of carbonyl (C=O) groups is 1. The Labute approximate surface area is 121 Å². The molecule has 1 atom stereocenters. The fourth-order valence-corrected chi connectivity index (χ4v) is 2.64. The molecule has 1 saturated heterocycles. The summed E-state index contributed by atoms with van der Waals surface area (Å²) in [6.07, 6.45) is 8.09. The van der Waals surface area contributed by atoms with Crippen LogP contribution in [-0.2, 0) is 11.3 Å². The second-order valence-corrected chi connectivity index (χ2v) is 5.79. The van der Waals surface area contributed by atoms with Crippen LogP contribution in [0.3, 0.4) is 0 Å². The van der Waals surface area contributed by atoms with Gasteiger partial charge in [0.2, 0.25) is 5.91 Å². The van der Waals surface area contributed by atoms with Crippen molar-refractivity contribution in [2.24, 2.45) is 0 Å². The maximum Gasteiger partial charge on any atom is 0.223 e. The van der Waals surface area contributed by atoms with Gasteiger partial charge < -0.3 is 10.2 Å². The summed E-state index contributed by atoms with van der Waals surface area (Å²) in [7, 11) is 0. The van der Waals surface area contributed by atoms with Crippen molar-refractivity contribution in [3.8, 4) is 0 Å². The van der Waals surface area contributed by atoms with Crippen LogP contribution in [0.15, 0.2) is 12.4 Å². The molecule has 1 aliphatic rings. The quantitative estimate of drug-likeness (QED) is 0.859. The zero-order valence-corrected chi connectivity index (χ0v) is 12.6. The fraction of sp³-hybridized carbons (Fsp3) is 0.733. The van der Waals surface area contributed by atoms with Crippen LogP contribution in [0.2, 0.25) is 0 Å². The summed E-state index contributed by atoms with van der Waals surface area (Å²) < 4.78 is 1.94. The average molecular weight is 278 g/mol. The van der Waals surface area contributed by atoms with E-state index in [-0.39, 0.29) is 0 Å². The number of carbonyl (C=O) groups excluding carboxylic acids is 1. The van der Waals surface area contributed by atoms with Gasteiger partial charge in [-0.2, -0.15) is 5.10 Å². The number of amides is 1. The van der Waals surface area contributed by atoms with E-state index >= 15 is 0 Å². The largest absolute Gasteiger partial charge is 0.343 e. The van der Waals surface area contributed by atoms with Gasteiger partial charge in [-0.1, -0.05) is 0 Å². The van der Waals surface area contributed by atoms with Crippen molar-refractivity contribution in [1.29, 1.82) is 0 Å². The Morgan fingerprint density at radius 2 is 2.15 bits per heavy atom. The topological polar surface area (TPSA) is 50.2 Å². The Balaban J connectivity index is 1.63. The van der Waals surface area contributed by atoms with Gasteiger partial charge in [0.25, 0.3) is 0 Å². The monoisotopic (exact) mass is 278 g/mol. The molecule has 0 aromatic carbocycles. The van der Waals surface area contributed by atoms with E-state index in [1.54, 1.807) is 0 Å². The smallest absolute Gasteiger partial charge is 0.223 e.